The van der Waals surface area contributed by atoms with Crippen LogP contribution in [0.4, 0.5) is 0 Å². The summed E-state index contributed by atoms with van der Waals surface area (Å²) in [5, 5.41) is 7.51. The van der Waals surface area contributed by atoms with Crippen molar-refractivity contribution in [1.29, 1.82) is 5.26 Å². The molecule has 0 bridgehead atoms. The maximum absolute atomic E-state index is 10.5. The molecule has 0 saturated carbocycles. The predicted molar refractivity (Wildman–Crippen MR) is 56.8 cm³/mol. The molecule has 0 atom stereocenters. The van der Waals surface area contributed by atoms with Crippen LogP contribution in [0, 0.1) is 18.3 Å². The molecule has 80 valence electrons. The molecule has 0 fully saturated rings. The van der Waals surface area contributed by atoms with Crippen molar-refractivity contribution in [3.63, 3.8) is 0 Å². The Hall–Kier alpha value is -1.64. The Morgan fingerprint density at radius 2 is 1.80 bits per heavy atom. The minimum Gasteiger partial charge on any atom is -0.282 e. The summed E-state index contributed by atoms with van der Waals surface area (Å²) < 4.78 is 29.6. The minimum absolute atomic E-state index is 0.0666. The summed E-state index contributed by atoms with van der Waals surface area (Å²) in [6.45, 7) is 4.96. The van der Waals surface area contributed by atoms with E-state index in [2.05, 4.69) is 6.58 Å². The van der Waals surface area contributed by atoms with E-state index in [1.54, 1.807) is 18.2 Å². The molecule has 0 aromatic heterocycles. The summed E-state index contributed by atoms with van der Waals surface area (Å²) in [5.74, 6) is 0. The van der Waals surface area contributed by atoms with Gasteiger partial charge in [-0.05, 0) is 19.1 Å². The summed E-state index contributed by atoms with van der Waals surface area (Å²) in [6, 6.07) is 7.68. The third-order valence-corrected chi connectivity index (χ3v) is 2.28. The van der Waals surface area contributed by atoms with Crippen molar-refractivity contribution in [3.8, 4) is 6.07 Å². The van der Waals surface area contributed by atoms with Crippen LogP contribution in [-0.4, -0.2) is 13.0 Å². The number of nitrogens with zero attached hydrogens (tertiary/aromatic N) is 1. The van der Waals surface area contributed by atoms with E-state index in [4.69, 9.17) is 9.81 Å². The molecule has 0 heterocycles. The lowest BCUT2D eigenvalue weighted by atomic mass is 10.2. The van der Waals surface area contributed by atoms with E-state index < -0.39 is 10.1 Å². The van der Waals surface area contributed by atoms with Crippen LogP contribution in [0.5, 0.6) is 0 Å². The zero-order valence-electron chi connectivity index (χ0n) is 8.21. The molecule has 0 aliphatic heterocycles. The zero-order valence-corrected chi connectivity index (χ0v) is 9.03. The third kappa shape index (κ3) is 5.62. The fourth-order valence-electron chi connectivity index (χ4n) is 0.710. The van der Waals surface area contributed by atoms with E-state index in [1.807, 2.05) is 6.92 Å². The third-order valence-electron chi connectivity index (χ3n) is 1.41. The Morgan fingerprint density at radius 3 is 2.07 bits per heavy atom. The molecule has 0 radical (unpaired) electrons. The molecular weight excluding hydrogens is 214 g/mol. The highest BCUT2D eigenvalue weighted by molar-refractivity contribution is 7.85. The van der Waals surface area contributed by atoms with Crippen LogP contribution in [-0.2, 0) is 10.1 Å². The second-order valence-corrected chi connectivity index (χ2v) is 4.04. The van der Waals surface area contributed by atoms with Gasteiger partial charge in [-0.1, -0.05) is 24.3 Å². The van der Waals surface area contributed by atoms with Crippen LogP contribution in [0.1, 0.15) is 5.56 Å². The first kappa shape index (κ1) is 13.4. The number of allylic oxidation sites excluding steroid dienone is 1. The van der Waals surface area contributed by atoms with Gasteiger partial charge >= 0.3 is 0 Å². The van der Waals surface area contributed by atoms with Crippen molar-refractivity contribution in [2.24, 2.45) is 0 Å². The number of rotatable bonds is 1. The first-order valence-corrected chi connectivity index (χ1v) is 5.40. The molecule has 1 N–H and O–H groups in total. The van der Waals surface area contributed by atoms with E-state index in [0.717, 1.165) is 5.56 Å². The summed E-state index contributed by atoms with van der Waals surface area (Å²) in [4.78, 5) is -0.0666. The van der Waals surface area contributed by atoms with Crippen molar-refractivity contribution in [1.82, 2.24) is 0 Å². The first-order chi connectivity index (χ1) is 6.91. The van der Waals surface area contributed by atoms with E-state index in [9.17, 15) is 8.42 Å². The topological polar surface area (TPSA) is 78.2 Å². The largest absolute Gasteiger partial charge is 0.294 e. The molecule has 0 amide bonds. The predicted octanol–water partition coefficient (Wildman–Crippen LogP) is 1.94. The van der Waals surface area contributed by atoms with Crippen LogP contribution in [0.15, 0.2) is 41.8 Å². The highest BCUT2D eigenvalue weighted by Gasteiger charge is 2.06. The van der Waals surface area contributed by atoms with Crippen molar-refractivity contribution in [2.45, 2.75) is 11.8 Å². The number of aryl methyl sites for hydroxylation is 1. The molecule has 0 spiro atoms. The molecule has 0 saturated heterocycles. The Morgan fingerprint density at radius 1 is 1.40 bits per heavy atom. The second kappa shape index (κ2) is 5.96. The van der Waals surface area contributed by atoms with Crippen LogP contribution in [0.2, 0.25) is 0 Å². The summed E-state index contributed by atoms with van der Waals surface area (Å²) in [6.07, 6.45) is 1.18. The monoisotopic (exact) mass is 225 g/mol. The molecule has 1 aromatic rings. The van der Waals surface area contributed by atoms with Gasteiger partial charge in [-0.15, -0.1) is 0 Å². The van der Waals surface area contributed by atoms with Crippen molar-refractivity contribution in [2.75, 3.05) is 0 Å². The Bertz CT molecular complexity index is 454. The van der Waals surface area contributed by atoms with Gasteiger partial charge in [-0.3, -0.25) is 4.55 Å². The Balaban J connectivity index is 0.000000423. The average Bonchev–Trinajstić information content (AvgIpc) is 2.17. The van der Waals surface area contributed by atoms with Gasteiger partial charge in [0.2, 0.25) is 0 Å². The smallest absolute Gasteiger partial charge is 0.282 e. The summed E-state index contributed by atoms with van der Waals surface area (Å²) in [5.41, 5.74) is 0.956. The maximum Gasteiger partial charge on any atom is 0.294 e. The highest BCUT2D eigenvalue weighted by atomic mass is 32.2. The maximum atomic E-state index is 10.5. The lowest BCUT2D eigenvalue weighted by Gasteiger charge is -1.95. The van der Waals surface area contributed by atoms with Gasteiger partial charge in [0.1, 0.15) is 0 Å². The SMILES string of the molecule is C=CC#N.Cc1ccc(S(=O)(=O)O)cc1. The molecule has 5 heteroatoms. The highest BCUT2D eigenvalue weighted by Crippen LogP contribution is 2.08. The molecule has 15 heavy (non-hydrogen) atoms. The van der Waals surface area contributed by atoms with Gasteiger partial charge in [0.25, 0.3) is 10.1 Å². The number of benzene rings is 1. The second-order valence-electron chi connectivity index (χ2n) is 2.62. The van der Waals surface area contributed by atoms with E-state index in [-0.39, 0.29) is 4.90 Å². The fraction of sp³-hybridized carbons (Fsp3) is 0.100. The summed E-state index contributed by atoms with van der Waals surface area (Å²) in [7, 11) is -4.02. The molecule has 1 aromatic carbocycles. The molecule has 1 rings (SSSR count). The van der Waals surface area contributed by atoms with Crippen molar-refractivity contribution >= 4 is 10.1 Å². The lowest BCUT2D eigenvalue weighted by Crippen LogP contribution is -1.96. The van der Waals surface area contributed by atoms with E-state index in [1.165, 1.54) is 18.2 Å². The van der Waals surface area contributed by atoms with Crippen molar-refractivity contribution in [3.05, 3.63) is 42.5 Å². The van der Waals surface area contributed by atoms with Gasteiger partial charge in [0, 0.05) is 6.08 Å². The average molecular weight is 225 g/mol. The normalized spacial score (nSPS) is 9.40. The fourth-order valence-corrected chi connectivity index (χ4v) is 1.19. The van der Waals surface area contributed by atoms with Crippen LogP contribution in [0.3, 0.4) is 0 Å². The van der Waals surface area contributed by atoms with Crippen LogP contribution < -0.4 is 0 Å². The van der Waals surface area contributed by atoms with Gasteiger partial charge in [0.05, 0.1) is 11.0 Å². The van der Waals surface area contributed by atoms with Gasteiger partial charge in [-0.2, -0.15) is 13.7 Å². The van der Waals surface area contributed by atoms with E-state index >= 15 is 0 Å². The number of hydrogen-bond acceptors (Lipinski definition) is 3. The molecule has 0 aliphatic carbocycles. The molecule has 4 nitrogen and oxygen atoms in total. The van der Waals surface area contributed by atoms with Crippen molar-refractivity contribution < 1.29 is 13.0 Å². The summed E-state index contributed by atoms with van der Waals surface area (Å²) >= 11 is 0. The van der Waals surface area contributed by atoms with Crippen LogP contribution in [0.25, 0.3) is 0 Å². The van der Waals surface area contributed by atoms with Gasteiger partial charge in [0.15, 0.2) is 0 Å². The molecule has 0 unspecified atom stereocenters. The quantitative estimate of drug-likeness (QED) is 0.585. The standard InChI is InChI=1S/C7H8O3S.C3H3N/c1-6-2-4-7(5-3-6)11(8,9)10;1-2-3-4/h2-5H,1H3,(H,8,9,10);2H,1H2. The zero-order chi connectivity index (χ0) is 11.9. The molecular formula is C10H11NO3S. The minimum atomic E-state index is -4.02. The Kier molecular flexibility index (Phi) is 5.31. The molecule has 0 aliphatic rings. The number of hydrogen-bond donors (Lipinski definition) is 1. The first-order valence-electron chi connectivity index (χ1n) is 3.96. The lowest BCUT2D eigenvalue weighted by molar-refractivity contribution is 0.483. The van der Waals surface area contributed by atoms with Gasteiger partial charge < -0.3 is 0 Å². The Labute approximate surface area is 89.2 Å². The number of nitriles is 1. The van der Waals surface area contributed by atoms with Crippen LogP contribution >= 0.6 is 0 Å². The van der Waals surface area contributed by atoms with Gasteiger partial charge in [-0.25, -0.2) is 0 Å². The van der Waals surface area contributed by atoms with E-state index in [0.29, 0.717) is 0 Å².